The lowest BCUT2D eigenvalue weighted by Crippen LogP contribution is -2.52. The first kappa shape index (κ1) is 12.9. The van der Waals surface area contributed by atoms with E-state index in [-0.39, 0.29) is 18.3 Å². The molecule has 2 aliphatic heterocycles. The number of esters is 1. The van der Waals surface area contributed by atoms with Crippen LogP contribution >= 0.6 is 0 Å². The summed E-state index contributed by atoms with van der Waals surface area (Å²) < 4.78 is 10.8. The molecule has 0 aromatic heterocycles. The van der Waals surface area contributed by atoms with Crippen LogP contribution in [0, 0.1) is 11.3 Å². The molecule has 18 heavy (non-hydrogen) atoms. The van der Waals surface area contributed by atoms with Crippen molar-refractivity contribution in [2.24, 2.45) is 11.3 Å². The van der Waals surface area contributed by atoms with E-state index < -0.39 is 17.0 Å². The van der Waals surface area contributed by atoms with Crippen LogP contribution in [0.5, 0.6) is 0 Å². The number of hydrogen-bond donors (Lipinski definition) is 0. The Morgan fingerprint density at radius 3 is 2.78 bits per heavy atom. The van der Waals surface area contributed by atoms with Gasteiger partial charge in [0, 0.05) is 12.0 Å². The van der Waals surface area contributed by atoms with E-state index >= 15 is 0 Å². The Hall–Kier alpha value is -1.58. The SMILES string of the molecule is C=C[C@]1(C)COC(=O)[C@@]12OC([C@H](C)CC)=CC2=O. The summed E-state index contributed by atoms with van der Waals surface area (Å²) in [6.45, 7) is 9.56. The first-order valence-corrected chi connectivity index (χ1v) is 6.17. The van der Waals surface area contributed by atoms with E-state index in [0.717, 1.165) is 6.42 Å². The summed E-state index contributed by atoms with van der Waals surface area (Å²) in [4.78, 5) is 24.3. The number of hydrogen-bond acceptors (Lipinski definition) is 4. The molecule has 0 saturated carbocycles. The zero-order valence-electron chi connectivity index (χ0n) is 11.0. The van der Waals surface area contributed by atoms with Gasteiger partial charge in [0.1, 0.15) is 12.4 Å². The van der Waals surface area contributed by atoms with Crippen molar-refractivity contribution in [1.29, 1.82) is 0 Å². The van der Waals surface area contributed by atoms with Crippen molar-refractivity contribution in [2.75, 3.05) is 6.61 Å². The molecular weight excluding hydrogens is 232 g/mol. The highest BCUT2D eigenvalue weighted by molar-refractivity contribution is 6.16. The van der Waals surface area contributed by atoms with Crippen LogP contribution in [0.25, 0.3) is 0 Å². The summed E-state index contributed by atoms with van der Waals surface area (Å²) in [5.41, 5.74) is -2.36. The van der Waals surface area contributed by atoms with Crippen LogP contribution in [0.15, 0.2) is 24.5 Å². The van der Waals surface area contributed by atoms with E-state index in [0.29, 0.717) is 5.76 Å². The molecule has 1 spiro atoms. The first-order valence-electron chi connectivity index (χ1n) is 6.17. The molecule has 2 rings (SSSR count). The van der Waals surface area contributed by atoms with Gasteiger partial charge in [-0.05, 0) is 13.3 Å². The maximum Gasteiger partial charge on any atom is 0.359 e. The third kappa shape index (κ3) is 1.38. The second-order valence-electron chi connectivity index (χ2n) is 5.20. The first-order chi connectivity index (χ1) is 8.41. The average Bonchev–Trinajstić information content (AvgIpc) is 2.84. The van der Waals surface area contributed by atoms with Crippen LogP contribution in [0.3, 0.4) is 0 Å². The molecule has 0 radical (unpaired) electrons. The molecule has 0 aromatic carbocycles. The average molecular weight is 250 g/mol. The van der Waals surface area contributed by atoms with Gasteiger partial charge in [-0.1, -0.05) is 19.9 Å². The fraction of sp³-hybridized carbons (Fsp3) is 0.571. The summed E-state index contributed by atoms with van der Waals surface area (Å²) in [5, 5.41) is 0. The number of cyclic esters (lactones) is 1. The highest BCUT2D eigenvalue weighted by atomic mass is 16.6. The number of allylic oxidation sites excluding steroid dienone is 1. The standard InChI is InChI=1S/C14H18O4/c1-5-9(3)10-7-11(15)14(18-10)12(16)17-8-13(14,4)6-2/h6-7,9H,2,5,8H2,1,3-4H3/t9-,13-,14-/m1/s1. The molecular formula is C14H18O4. The zero-order chi connectivity index (χ0) is 13.6. The lowest BCUT2D eigenvalue weighted by atomic mass is 9.73. The van der Waals surface area contributed by atoms with Crippen LogP contribution in [0.4, 0.5) is 0 Å². The molecule has 2 heterocycles. The van der Waals surface area contributed by atoms with Crippen molar-refractivity contribution in [2.45, 2.75) is 32.8 Å². The monoisotopic (exact) mass is 250 g/mol. The molecule has 2 aliphatic rings. The summed E-state index contributed by atoms with van der Waals surface area (Å²) in [7, 11) is 0. The van der Waals surface area contributed by atoms with Crippen molar-refractivity contribution in [3.05, 3.63) is 24.5 Å². The van der Waals surface area contributed by atoms with E-state index in [2.05, 4.69) is 6.58 Å². The minimum atomic E-state index is -1.55. The molecule has 0 amide bonds. The van der Waals surface area contributed by atoms with Gasteiger partial charge in [0.25, 0.3) is 5.60 Å². The van der Waals surface area contributed by atoms with Crippen molar-refractivity contribution < 1.29 is 19.1 Å². The fourth-order valence-electron chi connectivity index (χ4n) is 2.33. The molecule has 1 saturated heterocycles. The number of rotatable bonds is 3. The van der Waals surface area contributed by atoms with Gasteiger partial charge in [-0.25, -0.2) is 4.79 Å². The van der Waals surface area contributed by atoms with E-state index in [1.54, 1.807) is 13.0 Å². The molecule has 0 aliphatic carbocycles. The Balaban J connectivity index is 2.43. The van der Waals surface area contributed by atoms with Crippen molar-refractivity contribution in [1.82, 2.24) is 0 Å². The Labute approximate surface area is 107 Å². The zero-order valence-corrected chi connectivity index (χ0v) is 11.0. The van der Waals surface area contributed by atoms with Gasteiger partial charge >= 0.3 is 5.97 Å². The van der Waals surface area contributed by atoms with E-state index in [4.69, 9.17) is 9.47 Å². The third-order valence-corrected chi connectivity index (χ3v) is 4.03. The topological polar surface area (TPSA) is 52.6 Å². The van der Waals surface area contributed by atoms with E-state index in [1.165, 1.54) is 6.08 Å². The minimum Gasteiger partial charge on any atom is -0.470 e. The van der Waals surface area contributed by atoms with Gasteiger partial charge in [0.2, 0.25) is 5.78 Å². The van der Waals surface area contributed by atoms with Gasteiger partial charge in [-0.2, -0.15) is 0 Å². The normalized spacial score (nSPS) is 36.3. The lowest BCUT2D eigenvalue weighted by Gasteiger charge is -2.32. The van der Waals surface area contributed by atoms with Crippen LogP contribution in [-0.4, -0.2) is 24.0 Å². The van der Waals surface area contributed by atoms with Crippen molar-refractivity contribution in [3.63, 3.8) is 0 Å². The third-order valence-electron chi connectivity index (χ3n) is 4.03. The lowest BCUT2D eigenvalue weighted by molar-refractivity contribution is -0.161. The van der Waals surface area contributed by atoms with Crippen LogP contribution in [-0.2, 0) is 19.1 Å². The Kier molecular flexibility index (Phi) is 2.84. The van der Waals surface area contributed by atoms with Gasteiger partial charge in [-0.3, -0.25) is 4.79 Å². The molecule has 0 N–H and O–H groups in total. The highest BCUT2D eigenvalue weighted by Crippen LogP contribution is 2.48. The maximum atomic E-state index is 12.3. The second-order valence-corrected chi connectivity index (χ2v) is 5.20. The van der Waals surface area contributed by atoms with Crippen molar-refractivity contribution in [3.8, 4) is 0 Å². The summed E-state index contributed by atoms with van der Waals surface area (Å²) in [5.74, 6) is -0.266. The van der Waals surface area contributed by atoms with Gasteiger partial charge in [0.15, 0.2) is 0 Å². The number of ether oxygens (including phenoxy) is 2. The molecule has 0 unspecified atom stereocenters. The number of ketones is 1. The van der Waals surface area contributed by atoms with Gasteiger partial charge in [0.05, 0.1) is 5.41 Å². The van der Waals surface area contributed by atoms with Crippen LogP contribution < -0.4 is 0 Å². The molecule has 98 valence electrons. The summed E-state index contributed by atoms with van der Waals surface area (Å²) >= 11 is 0. The Morgan fingerprint density at radius 1 is 1.56 bits per heavy atom. The largest absolute Gasteiger partial charge is 0.470 e. The second kappa shape index (κ2) is 3.97. The Morgan fingerprint density at radius 2 is 2.22 bits per heavy atom. The van der Waals surface area contributed by atoms with Crippen molar-refractivity contribution >= 4 is 11.8 Å². The minimum absolute atomic E-state index is 0.107. The highest BCUT2D eigenvalue weighted by Gasteiger charge is 2.68. The smallest absolute Gasteiger partial charge is 0.359 e. The summed E-state index contributed by atoms with van der Waals surface area (Å²) in [6.07, 6.45) is 3.85. The van der Waals surface area contributed by atoms with E-state index in [9.17, 15) is 9.59 Å². The van der Waals surface area contributed by atoms with Gasteiger partial charge < -0.3 is 9.47 Å². The fourth-order valence-corrected chi connectivity index (χ4v) is 2.33. The molecule has 0 bridgehead atoms. The van der Waals surface area contributed by atoms with Crippen LogP contribution in [0.2, 0.25) is 0 Å². The number of carbonyl (C=O) groups excluding carboxylic acids is 2. The molecule has 0 aromatic rings. The predicted molar refractivity (Wildman–Crippen MR) is 65.6 cm³/mol. The summed E-state index contributed by atoms with van der Waals surface area (Å²) in [6, 6.07) is 0. The number of carbonyl (C=O) groups is 2. The Bertz CT molecular complexity index is 451. The molecule has 4 heteroatoms. The molecule has 1 fully saturated rings. The predicted octanol–water partition coefficient (Wildman–Crippen LogP) is 2.00. The van der Waals surface area contributed by atoms with E-state index in [1.807, 2.05) is 13.8 Å². The van der Waals surface area contributed by atoms with Crippen LogP contribution in [0.1, 0.15) is 27.2 Å². The maximum absolute atomic E-state index is 12.3. The molecule has 3 atom stereocenters. The van der Waals surface area contributed by atoms with Gasteiger partial charge in [-0.15, -0.1) is 6.58 Å². The quantitative estimate of drug-likeness (QED) is 0.437. The molecule has 4 nitrogen and oxygen atoms in total.